The number of carbonyl (C=O) groups is 3. The Hall–Kier alpha value is -1.85. The number of ether oxygens (including phenoxy) is 3. The van der Waals surface area contributed by atoms with E-state index in [9.17, 15) is 14.4 Å². The van der Waals surface area contributed by atoms with E-state index >= 15 is 0 Å². The predicted molar refractivity (Wildman–Crippen MR) is 215 cm³/mol. The van der Waals surface area contributed by atoms with Crippen molar-refractivity contribution in [2.45, 2.75) is 245 Å². The highest BCUT2D eigenvalue weighted by Gasteiger charge is 2.19. The second kappa shape index (κ2) is 40.9. The maximum Gasteiger partial charge on any atom is 0.306 e. The summed E-state index contributed by atoms with van der Waals surface area (Å²) in [4.78, 5) is 37.5. The summed E-state index contributed by atoms with van der Waals surface area (Å²) in [7, 11) is 0. The van der Waals surface area contributed by atoms with Crippen LogP contribution in [0.1, 0.15) is 239 Å². The topological polar surface area (TPSA) is 78.9 Å². The summed E-state index contributed by atoms with van der Waals surface area (Å²) in [5.74, 6) is -0.878. The van der Waals surface area contributed by atoms with E-state index in [0.29, 0.717) is 19.3 Å². The average Bonchev–Trinajstić information content (AvgIpc) is 3.12. The molecule has 6 nitrogen and oxygen atoms in total. The molecule has 51 heavy (non-hydrogen) atoms. The van der Waals surface area contributed by atoms with E-state index in [1.54, 1.807) is 0 Å². The summed E-state index contributed by atoms with van der Waals surface area (Å²) >= 11 is 0. The number of esters is 3. The van der Waals surface area contributed by atoms with E-state index in [0.717, 1.165) is 64.2 Å². The van der Waals surface area contributed by atoms with Crippen LogP contribution in [0.25, 0.3) is 0 Å². The van der Waals surface area contributed by atoms with Crippen LogP contribution in [0.2, 0.25) is 0 Å². The quantitative estimate of drug-likeness (QED) is 0.0271. The van der Waals surface area contributed by atoms with Crippen molar-refractivity contribution in [2.75, 3.05) is 13.2 Å². The average molecular weight is 721 g/mol. The Bertz CT molecular complexity index is 756. The van der Waals surface area contributed by atoms with Crippen LogP contribution in [-0.2, 0) is 28.6 Å². The van der Waals surface area contributed by atoms with Gasteiger partial charge in [0.15, 0.2) is 6.10 Å². The highest BCUT2D eigenvalue weighted by molar-refractivity contribution is 5.71. The summed E-state index contributed by atoms with van der Waals surface area (Å²) in [5.41, 5.74) is 0. The van der Waals surface area contributed by atoms with Crippen molar-refractivity contribution < 1.29 is 28.6 Å². The minimum atomic E-state index is -0.764. The summed E-state index contributed by atoms with van der Waals surface area (Å²) < 4.78 is 16.6. The standard InChI is InChI=1S/C45H84O6/c1-4-7-10-13-16-19-20-21-22-23-24-27-30-33-36-39-45(48)51-42(40-49-43(46)37-34-31-28-25-17-14-11-8-5-2)41-50-44(47)38-35-32-29-26-18-15-12-9-6-3/h21-22,42H,4-20,23-41H2,1-3H3/b22-21-. The fourth-order valence-corrected chi connectivity index (χ4v) is 6.38. The number of carbonyl (C=O) groups excluding carboxylic acids is 3. The third-order valence-electron chi connectivity index (χ3n) is 9.77. The second-order valence-corrected chi connectivity index (χ2v) is 15.0. The molecule has 0 unspecified atom stereocenters. The lowest BCUT2D eigenvalue weighted by Gasteiger charge is -2.18. The molecule has 0 aromatic heterocycles. The first kappa shape index (κ1) is 49.1. The molecule has 0 saturated carbocycles. The molecule has 0 fully saturated rings. The first-order valence-corrected chi connectivity index (χ1v) is 22.2. The van der Waals surface area contributed by atoms with Gasteiger partial charge in [-0.2, -0.15) is 0 Å². The van der Waals surface area contributed by atoms with Crippen LogP contribution in [0.5, 0.6) is 0 Å². The van der Waals surface area contributed by atoms with Crippen LogP contribution in [0.4, 0.5) is 0 Å². The molecular weight excluding hydrogens is 636 g/mol. The molecule has 0 aromatic rings. The smallest absolute Gasteiger partial charge is 0.306 e. The van der Waals surface area contributed by atoms with Gasteiger partial charge in [0, 0.05) is 19.3 Å². The van der Waals surface area contributed by atoms with Gasteiger partial charge in [0.25, 0.3) is 0 Å². The van der Waals surface area contributed by atoms with Crippen LogP contribution < -0.4 is 0 Å². The van der Waals surface area contributed by atoms with E-state index < -0.39 is 6.10 Å². The Kier molecular flexibility index (Phi) is 39.4. The Morgan fingerprint density at radius 2 is 0.647 bits per heavy atom. The normalized spacial score (nSPS) is 11.5. The molecule has 6 heteroatoms. The zero-order valence-corrected chi connectivity index (χ0v) is 34.1. The number of rotatable bonds is 40. The molecule has 0 amide bonds. The molecule has 0 aliphatic rings. The summed E-state index contributed by atoms with van der Waals surface area (Å²) in [6, 6.07) is 0. The highest BCUT2D eigenvalue weighted by Crippen LogP contribution is 2.14. The minimum Gasteiger partial charge on any atom is -0.462 e. The SMILES string of the molecule is CCCCCCCC/C=C\CCCCCCCC(=O)OC(COC(=O)CCCCCCCCCCC)COC(=O)CCCCCCCCCCC. The molecule has 0 aliphatic heterocycles. The molecule has 0 bridgehead atoms. The lowest BCUT2D eigenvalue weighted by molar-refractivity contribution is -0.167. The number of allylic oxidation sites excluding steroid dienone is 2. The van der Waals surface area contributed by atoms with Crippen molar-refractivity contribution in [3.8, 4) is 0 Å². The molecule has 0 atom stereocenters. The lowest BCUT2D eigenvalue weighted by atomic mass is 10.1. The van der Waals surface area contributed by atoms with Crippen LogP contribution in [0.15, 0.2) is 12.2 Å². The number of hydrogen-bond acceptors (Lipinski definition) is 6. The molecule has 0 saturated heterocycles. The van der Waals surface area contributed by atoms with E-state index in [4.69, 9.17) is 14.2 Å². The van der Waals surface area contributed by atoms with E-state index in [1.165, 1.54) is 135 Å². The van der Waals surface area contributed by atoms with Gasteiger partial charge in [0.05, 0.1) is 0 Å². The molecule has 300 valence electrons. The summed E-state index contributed by atoms with van der Waals surface area (Å²) in [5, 5.41) is 0. The predicted octanol–water partition coefficient (Wildman–Crippen LogP) is 13.9. The van der Waals surface area contributed by atoms with Crippen LogP contribution in [0, 0.1) is 0 Å². The van der Waals surface area contributed by atoms with Crippen molar-refractivity contribution >= 4 is 17.9 Å². The Balaban J connectivity index is 4.33. The van der Waals surface area contributed by atoms with Crippen molar-refractivity contribution in [1.82, 2.24) is 0 Å². The maximum atomic E-state index is 12.7. The van der Waals surface area contributed by atoms with Gasteiger partial charge < -0.3 is 14.2 Å². The number of hydrogen-bond donors (Lipinski definition) is 0. The molecule has 0 spiro atoms. The zero-order valence-electron chi connectivity index (χ0n) is 34.1. The Morgan fingerprint density at radius 1 is 0.373 bits per heavy atom. The van der Waals surface area contributed by atoms with Crippen LogP contribution in [0.3, 0.4) is 0 Å². The maximum absolute atomic E-state index is 12.7. The minimum absolute atomic E-state index is 0.0698. The van der Waals surface area contributed by atoms with Gasteiger partial charge in [-0.25, -0.2) is 0 Å². The van der Waals surface area contributed by atoms with Gasteiger partial charge in [-0.3, -0.25) is 14.4 Å². The third-order valence-corrected chi connectivity index (χ3v) is 9.77. The zero-order chi connectivity index (χ0) is 37.3. The van der Waals surface area contributed by atoms with Crippen LogP contribution in [-0.4, -0.2) is 37.2 Å². The highest BCUT2D eigenvalue weighted by atomic mass is 16.6. The fourth-order valence-electron chi connectivity index (χ4n) is 6.38. The second-order valence-electron chi connectivity index (χ2n) is 15.0. The number of unbranched alkanes of at least 4 members (excludes halogenated alkanes) is 27. The van der Waals surface area contributed by atoms with Gasteiger partial charge >= 0.3 is 17.9 Å². The molecule has 0 aromatic carbocycles. The van der Waals surface area contributed by atoms with Gasteiger partial charge in [-0.1, -0.05) is 187 Å². The Morgan fingerprint density at radius 3 is 0.980 bits per heavy atom. The molecule has 0 aliphatic carbocycles. The van der Waals surface area contributed by atoms with Crippen molar-refractivity contribution in [1.29, 1.82) is 0 Å². The summed E-state index contributed by atoms with van der Waals surface area (Å²) in [6.07, 6.45) is 41.9. The molecule has 0 rings (SSSR count). The Labute approximate surface area is 316 Å². The molecule has 0 N–H and O–H groups in total. The van der Waals surface area contributed by atoms with E-state index in [-0.39, 0.29) is 31.1 Å². The van der Waals surface area contributed by atoms with E-state index in [2.05, 4.69) is 32.9 Å². The first-order chi connectivity index (χ1) is 25.0. The first-order valence-electron chi connectivity index (χ1n) is 22.2. The molecule has 0 radical (unpaired) electrons. The van der Waals surface area contributed by atoms with Gasteiger partial charge in [0.2, 0.25) is 0 Å². The monoisotopic (exact) mass is 721 g/mol. The summed E-state index contributed by atoms with van der Waals surface area (Å²) in [6.45, 7) is 6.59. The molecular formula is C45H84O6. The van der Waals surface area contributed by atoms with Gasteiger partial charge in [0.1, 0.15) is 13.2 Å². The fraction of sp³-hybridized carbons (Fsp3) is 0.889. The lowest BCUT2D eigenvalue weighted by Crippen LogP contribution is -2.30. The third kappa shape index (κ3) is 39.2. The van der Waals surface area contributed by atoms with Crippen LogP contribution >= 0.6 is 0 Å². The van der Waals surface area contributed by atoms with Gasteiger partial charge in [-0.15, -0.1) is 0 Å². The molecule has 0 heterocycles. The largest absolute Gasteiger partial charge is 0.462 e. The van der Waals surface area contributed by atoms with Crippen molar-refractivity contribution in [3.63, 3.8) is 0 Å². The van der Waals surface area contributed by atoms with Crippen molar-refractivity contribution in [2.24, 2.45) is 0 Å². The van der Waals surface area contributed by atoms with Crippen molar-refractivity contribution in [3.05, 3.63) is 12.2 Å². The van der Waals surface area contributed by atoms with E-state index in [1.807, 2.05) is 0 Å². The van der Waals surface area contributed by atoms with Gasteiger partial charge in [-0.05, 0) is 44.9 Å².